The number of hydrogen-bond acceptors (Lipinski definition) is 3. The molecule has 0 unspecified atom stereocenters. The van der Waals surface area contributed by atoms with Crippen molar-refractivity contribution in [3.8, 4) is 0 Å². The summed E-state index contributed by atoms with van der Waals surface area (Å²) in [5, 5.41) is 10.9. The van der Waals surface area contributed by atoms with Crippen LogP contribution in [0.4, 0.5) is 0 Å². The normalized spacial score (nSPS) is 11.1. The molecule has 0 radical (unpaired) electrons. The van der Waals surface area contributed by atoms with Crippen LogP contribution in [0.3, 0.4) is 0 Å². The summed E-state index contributed by atoms with van der Waals surface area (Å²) >= 11 is 0. The van der Waals surface area contributed by atoms with Crippen LogP contribution in [0.1, 0.15) is 27.2 Å². The molecule has 0 aromatic carbocycles. The molecule has 15 heavy (non-hydrogen) atoms. The molecule has 0 saturated carbocycles. The van der Waals surface area contributed by atoms with Gasteiger partial charge in [0.1, 0.15) is 13.2 Å². The highest BCUT2D eigenvalue weighted by Crippen LogP contribution is 2.16. The topological polar surface area (TPSA) is 75.6 Å². The van der Waals surface area contributed by atoms with Gasteiger partial charge >= 0.3 is 5.97 Å². The summed E-state index contributed by atoms with van der Waals surface area (Å²) in [6.45, 7) is 6.20. The van der Waals surface area contributed by atoms with Crippen LogP contribution < -0.4 is 5.32 Å². The molecular weight excluding hydrogens is 198 g/mol. The molecule has 2 N–H and O–H groups in total. The zero-order valence-electron chi connectivity index (χ0n) is 9.50. The van der Waals surface area contributed by atoms with Crippen LogP contribution in [0.25, 0.3) is 0 Å². The van der Waals surface area contributed by atoms with Gasteiger partial charge in [-0.05, 0) is 11.8 Å². The zero-order chi connectivity index (χ0) is 11.9. The maximum Gasteiger partial charge on any atom is 0.329 e. The SMILES string of the molecule is CC(C)(C)CCNC(=O)COCC(=O)O. The van der Waals surface area contributed by atoms with Gasteiger partial charge < -0.3 is 15.2 Å². The number of ether oxygens (including phenoxy) is 1. The fourth-order valence-corrected chi connectivity index (χ4v) is 0.859. The molecule has 5 heteroatoms. The third kappa shape index (κ3) is 10.8. The van der Waals surface area contributed by atoms with E-state index in [-0.39, 0.29) is 17.9 Å². The predicted octanol–water partition coefficient (Wildman–Crippen LogP) is 0.640. The highest BCUT2D eigenvalue weighted by molar-refractivity contribution is 5.77. The van der Waals surface area contributed by atoms with E-state index in [9.17, 15) is 9.59 Å². The number of hydrogen-bond donors (Lipinski definition) is 2. The summed E-state index contributed by atoms with van der Waals surface area (Å²) in [5.74, 6) is -1.35. The highest BCUT2D eigenvalue weighted by Gasteiger charge is 2.10. The van der Waals surface area contributed by atoms with Gasteiger partial charge in [-0.1, -0.05) is 20.8 Å². The minimum absolute atomic E-state index is 0.176. The number of carboxylic acid groups (broad SMARTS) is 1. The summed E-state index contributed by atoms with van der Waals surface area (Å²) in [7, 11) is 0. The third-order valence-electron chi connectivity index (χ3n) is 1.66. The molecule has 0 aromatic heterocycles. The predicted molar refractivity (Wildman–Crippen MR) is 55.5 cm³/mol. The van der Waals surface area contributed by atoms with Crippen LogP contribution in [-0.4, -0.2) is 36.7 Å². The molecule has 0 bridgehead atoms. The van der Waals surface area contributed by atoms with Gasteiger partial charge in [-0.3, -0.25) is 4.79 Å². The van der Waals surface area contributed by atoms with Crippen LogP contribution in [0, 0.1) is 5.41 Å². The Morgan fingerprint density at radius 1 is 1.27 bits per heavy atom. The number of aliphatic carboxylic acids is 1. The lowest BCUT2D eigenvalue weighted by molar-refractivity contribution is -0.143. The van der Waals surface area contributed by atoms with Crippen molar-refractivity contribution in [3.05, 3.63) is 0 Å². The second-order valence-corrected chi connectivity index (χ2v) is 4.55. The van der Waals surface area contributed by atoms with Gasteiger partial charge in [0.15, 0.2) is 0 Å². The minimum atomic E-state index is -1.07. The summed E-state index contributed by atoms with van der Waals surface area (Å²) in [4.78, 5) is 21.2. The third-order valence-corrected chi connectivity index (χ3v) is 1.66. The molecule has 0 atom stereocenters. The number of carbonyl (C=O) groups excluding carboxylic acids is 1. The van der Waals surface area contributed by atoms with Crippen molar-refractivity contribution in [1.82, 2.24) is 5.32 Å². The lowest BCUT2D eigenvalue weighted by Gasteiger charge is -2.17. The first-order chi connectivity index (χ1) is 6.81. The molecule has 0 aliphatic rings. The molecule has 0 aromatic rings. The van der Waals surface area contributed by atoms with Crippen LogP contribution in [0.15, 0.2) is 0 Å². The van der Waals surface area contributed by atoms with E-state index >= 15 is 0 Å². The first kappa shape index (κ1) is 13.9. The average Bonchev–Trinajstić information content (AvgIpc) is 2.00. The number of nitrogens with one attached hydrogen (secondary N) is 1. The van der Waals surface area contributed by atoms with Crippen LogP contribution in [-0.2, 0) is 14.3 Å². The lowest BCUT2D eigenvalue weighted by atomic mass is 9.92. The van der Waals surface area contributed by atoms with Crippen molar-refractivity contribution in [1.29, 1.82) is 0 Å². The van der Waals surface area contributed by atoms with E-state index in [2.05, 4.69) is 30.8 Å². The molecule has 0 spiro atoms. The van der Waals surface area contributed by atoms with E-state index in [4.69, 9.17) is 5.11 Å². The molecular formula is C10H19NO4. The standard InChI is InChI=1S/C10H19NO4/c1-10(2,3)4-5-11-8(12)6-15-7-9(13)14/h4-7H2,1-3H3,(H,11,12)(H,13,14). The molecule has 0 saturated heterocycles. The van der Waals surface area contributed by atoms with Gasteiger partial charge in [-0.25, -0.2) is 4.79 Å². The van der Waals surface area contributed by atoms with Crippen molar-refractivity contribution in [2.75, 3.05) is 19.8 Å². The number of carbonyl (C=O) groups is 2. The Morgan fingerprint density at radius 3 is 2.33 bits per heavy atom. The molecule has 88 valence electrons. The monoisotopic (exact) mass is 217 g/mol. The van der Waals surface area contributed by atoms with E-state index in [1.807, 2.05) is 0 Å². The van der Waals surface area contributed by atoms with Gasteiger partial charge in [0.05, 0.1) is 0 Å². The number of carboxylic acids is 1. The van der Waals surface area contributed by atoms with Crippen LogP contribution in [0.2, 0.25) is 0 Å². The van der Waals surface area contributed by atoms with E-state index < -0.39 is 12.6 Å². The molecule has 0 heterocycles. The number of amides is 1. The average molecular weight is 217 g/mol. The first-order valence-corrected chi connectivity index (χ1v) is 4.87. The van der Waals surface area contributed by atoms with Gasteiger partial charge in [0.25, 0.3) is 0 Å². The lowest BCUT2D eigenvalue weighted by Crippen LogP contribution is -2.31. The van der Waals surface area contributed by atoms with Gasteiger partial charge in [-0.15, -0.1) is 0 Å². The Morgan fingerprint density at radius 2 is 1.87 bits per heavy atom. The molecule has 5 nitrogen and oxygen atoms in total. The summed E-state index contributed by atoms with van der Waals surface area (Å²) in [5.41, 5.74) is 0.176. The van der Waals surface area contributed by atoms with Gasteiger partial charge in [0, 0.05) is 6.54 Å². The molecule has 1 amide bonds. The summed E-state index contributed by atoms with van der Waals surface area (Å²) in [6.07, 6.45) is 0.873. The van der Waals surface area contributed by atoms with Crippen LogP contribution in [0.5, 0.6) is 0 Å². The van der Waals surface area contributed by atoms with E-state index in [1.165, 1.54) is 0 Å². The van der Waals surface area contributed by atoms with Crippen molar-refractivity contribution >= 4 is 11.9 Å². The van der Waals surface area contributed by atoms with Crippen molar-refractivity contribution in [2.45, 2.75) is 27.2 Å². The molecule has 0 fully saturated rings. The zero-order valence-corrected chi connectivity index (χ0v) is 9.50. The fourth-order valence-electron chi connectivity index (χ4n) is 0.859. The minimum Gasteiger partial charge on any atom is -0.480 e. The Bertz CT molecular complexity index is 220. The van der Waals surface area contributed by atoms with Gasteiger partial charge in [0.2, 0.25) is 5.91 Å². The maximum absolute atomic E-state index is 11.1. The second kappa shape index (κ2) is 6.40. The fraction of sp³-hybridized carbons (Fsp3) is 0.800. The van der Waals surface area contributed by atoms with Crippen molar-refractivity contribution in [3.63, 3.8) is 0 Å². The molecule has 0 rings (SSSR count). The smallest absolute Gasteiger partial charge is 0.329 e. The Balaban J connectivity index is 3.46. The number of rotatable bonds is 6. The van der Waals surface area contributed by atoms with E-state index in [1.54, 1.807) is 0 Å². The summed E-state index contributed by atoms with van der Waals surface area (Å²) < 4.78 is 4.63. The molecule has 0 aliphatic carbocycles. The van der Waals surface area contributed by atoms with Crippen molar-refractivity contribution < 1.29 is 19.4 Å². The maximum atomic E-state index is 11.1. The van der Waals surface area contributed by atoms with Gasteiger partial charge in [-0.2, -0.15) is 0 Å². The highest BCUT2D eigenvalue weighted by atomic mass is 16.5. The second-order valence-electron chi connectivity index (χ2n) is 4.55. The van der Waals surface area contributed by atoms with Crippen molar-refractivity contribution in [2.24, 2.45) is 5.41 Å². The quantitative estimate of drug-likeness (QED) is 0.684. The largest absolute Gasteiger partial charge is 0.480 e. The van der Waals surface area contributed by atoms with E-state index in [0.29, 0.717) is 6.54 Å². The Kier molecular flexibility index (Phi) is 5.93. The summed E-state index contributed by atoms with van der Waals surface area (Å²) in [6, 6.07) is 0. The Labute approximate surface area is 89.8 Å². The Hall–Kier alpha value is -1.10. The first-order valence-electron chi connectivity index (χ1n) is 4.87. The van der Waals surface area contributed by atoms with Crippen LogP contribution >= 0.6 is 0 Å². The van der Waals surface area contributed by atoms with E-state index in [0.717, 1.165) is 6.42 Å². The molecule has 0 aliphatic heterocycles.